The Hall–Kier alpha value is -1.16. The van der Waals surface area contributed by atoms with Gasteiger partial charge in [-0.15, -0.1) is 0 Å². The lowest BCUT2D eigenvalue weighted by molar-refractivity contribution is 0.611. The van der Waals surface area contributed by atoms with Crippen molar-refractivity contribution < 1.29 is 0 Å². The summed E-state index contributed by atoms with van der Waals surface area (Å²) >= 11 is 12.2. The molecule has 0 saturated carbocycles. The van der Waals surface area contributed by atoms with E-state index in [0.29, 0.717) is 16.5 Å². The number of nitrogens with zero attached hydrogens (tertiary/aromatic N) is 2. The number of aryl methyl sites for hydroxylation is 1. The van der Waals surface area contributed by atoms with E-state index < -0.39 is 0 Å². The van der Waals surface area contributed by atoms with E-state index in [2.05, 4.69) is 12.2 Å². The summed E-state index contributed by atoms with van der Waals surface area (Å²) in [4.78, 5) is 9.46. The van der Waals surface area contributed by atoms with Crippen LogP contribution in [0.5, 0.6) is 0 Å². The molecule has 0 bridgehead atoms. The first-order valence-electron chi connectivity index (χ1n) is 7.19. The Morgan fingerprint density at radius 3 is 2.86 bits per heavy atom. The number of fused-ring (bicyclic) bond motifs is 1. The molecule has 0 unspecified atom stereocenters. The standard InChI is InChI=1S/C16H17Cl2N3/c1-2-14-12-9-19-6-5-15(12)21-16(20-14)7-10-3-4-11(17)8-13(10)18/h3-4,8,19H,2,5-7,9H2,1H3. The molecule has 0 atom stereocenters. The molecule has 1 aliphatic heterocycles. The van der Waals surface area contributed by atoms with Gasteiger partial charge in [0.15, 0.2) is 0 Å². The highest BCUT2D eigenvalue weighted by molar-refractivity contribution is 6.35. The summed E-state index contributed by atoms with van der Waals surface area (Å²) in [6, 6.07) is 5.56. The summed E-state index contributed by atoms with van der Waals surface area (Å²) in [7, 11) is 0. The van der Waals surface area contributed by atoms with E-state index in [9.17, 15) is 0 Å². The molecule has 1 aromatic carbocycles. The quantitative estimate of drug-likeness (QED) is 0.938. The van der Waals surface area contributed by atoms with E-state index in [-0.39, 0.29) is 0 Å². The van der Waals surface area contributed by atoms with Gasteiger partial charge in [-0.05, 0) is 24.1 Å². The first kappa shape index (κ1) is 14.8. The average Bonchev–Trinajstić information content (AvgIpc) is 2.49. The summed E-state index contributed by atoms with van der Waals surface area (Å²) in [5.41, 5.74) is 4.61. The fourth-order valence-corrected chi connectivity index (χ4v) is 3.15. The highest BCUT2D eigenvalue weighted by Gasteiger charge is 2.17. The molecule has 1 aliphatic rings. The predicted octanol–water partition coefficient (Wildman–Crippen LogP) is 3.58. The third-order valence-electron chi connectivity index (χ3n) is 3.76. The average molecular weight is 322 g/mol. The Morgan fingerprint density at radius 1 is 1.24 bits per heavy atom. The van der Waals surface area contributed by atoms with Crippen LogP contribution >= 0.6 is 23.2 Å². The molecule has 110 valence electrons. The van der Waals surface area contributed by atoms with Gasteiger partial charge in [-0.3, -0.25) is 0 Å². The number of halogens is 2. The van der Waals surface area contributed by atoms with E-state index in [1.165, 1.54) is 11.3 Å². The number of hydrogen-bond donors (Lipinski definition) is 1. The van der Waals surface area contributed by atoms with Gasteiger partial charge in [-0.2, -0.15) is 0 Å². The molecule has 3 rings (SSSR count). The molecule has 2 aromatic rings. The van der Waals surface area contributed by atoms with Crippen LogP contribution in [0.3, 0.4) is 0 Å². The summed E-state index contributed by atoms with van der Waals surface area (Å²) in [6.45, 7) is 3.99. The van der Waals surface area contributed by atoms with Gasteiger partial charge in [0, 0.05) is 47.2 Å². The van der Waals surface area contributed by atoms with Crippen molar-refractivity contribution in [3.63, 3.8) is 0 Å². The molecule has 0 amide bonds. The van der Waals surface area contributed by atoms with Crippen LogP contribution in [0.25, 0.3) is 0 Å². The Morgan fingerprint density at radius 2 is 2.10 bits per heavy atom. The van der Waals surface area contributed by atoms with Crippen LogP contribution in [-0.2, 0) is 25.8 Å². The van der Waals surface area contributed by atoms with Crippen molar-refractivity contribution in [2.45, 2.75) is 32.7 Å². The predicted molar refractivity (Wildman–Crippen MR) is 86.1 cm³/mol. The third-order valence-corrected chi connectivity index (χ3v) is 4.35. The molecule has 3 nitrogen and oxygen atoms in total. The largest absolute Gasteiger partial charge is 0.312 e. The smallest absolute Gasteiger partial charge is 0.133 e. The molecule has 5 heteroatoms. The monoisotopic (exact) mass is 321 g/mol. The minimum absolute atomic E-state index is 0.643. The Balaban J connectivity index is 1.95. The summed E-state index contributed by atoms with van der Waals surface area (Å²) < 4.78 is 0. The molecular formula is C16H17Cl2N3. The number of aromatic nitrogens is 2. The van der Waals surface area contributed by atoms with Crippen molar-refractivity contribution in [2.75, 3.05) is 6.54 Å². The van der Waals surface area contributed by atoms with Crippen LogP contribution in [0.15, 0.2) is 18.2 Å². The van der Waals surface area contributed by atoms with Gasteiger partial charge in [0.2, 0.25) is 0 Å². The van der Waals surface area contributed by atoms with Crippen molar-refractivity contribution in [3.8, 4) is 0 Å². The molecular weight excluding hydrogens is 305 g/mol. The van der Waals surface area contributed by atoms with Gasteiger partial charge in [-0.25, -0.2) is 9.97 Å². The highest BCUT2D eigenvalue weighted by atomic mass is 35.5. The molecule has 0 radical (unpaired) electrons. The molecule has 2 heterocycles. The van der Waals surface area contributed by atoms with Crippen LogP contribution in [0, 0.1) is 0 Å². The number of rotatable bonds is 3. The highest BCUT2D eigenvalue weighted by Crippen LogP contribution is 2.24. The summed E-state index contributed by atoms with van der Waals surface area (Å²) in [5, 5.41) is 4.70. The van der Waals surface area contributed by atoms with E-state index >= 15 is 0 Å². The van der Waals surface area contributed by atoms with E-state index in [1.807, 2.05) is 12.1 Å². The van der Waals surface area contributed by atoms with Crippen LogP contribution in [0.1, 0.15) is 35.3 Å². The zero-order chi connectivity index (χ0) is 14.8. The summed E-state index contributed by atoms with van der Waals surface area (Å²) in [6.07, 6.45) is 2.53. The lowest BCUT2D eigenvalue weighted by Crippen LogP contribution is -2.27. The van der Waals surface area contributed by atoms with Gasteiger partial charge in [0.1, 0.15) is 5.82 Å². The van der Waals surface area contributed by atoms with Crippen molar-refractivity contribution in [2.24, 2.45) is 0 Å². The van der Waals surface area contributed by atoms with Crippen LogP contribution in [-0.4, -0.2) is 16.5 Å². The SMILES string of the molecule is CCc1nc(Cc2ccc(Cl)cc2Cl)nc2c1CNCC2. The summed E-state index contributed by atoms with van der Waals surface area (Å²) in [5.74, 6) is 0.844. The lowest BCUT2D eigenvalue weighted by Gasteiger charge is -2.19. The van der Waals surface area contributed by atoms with Gasteiger partial charge < -0.3 is 5.32 Å². The number of benzene rings is 1. The van der Waals surface area contributed by atoms with Gasteiger partial charge in [0.25, 0.3) is 0 Å². The second kappa shape index (κ2) is 6.30. The maximum absolute atomic E-state index is 6.25. The van der Waals surface area contributed by atoms with Crippen molar-refractivity contribution in [3.05, 3.63) is 56.6 Å². The van der Waals surface area contributed by atoms with Gasteiger partial charge in [-0.1, -0.05) is 36.2 Å². The second-order valence-corrected chi connectivity index (χ2v) is 6.05. The maximum atomic E-state index is 6.25. The molecule has 0 saturated heterocycles. The van der Waals surface area contributed by atoms with Crippen molar-refractivity contribution >= 4 is 23.2 Å². The molecule has 1 aromatic heterocycles. The maximum Gasteiger partial charge on any atom is 0.133 e. The van der Waals surface area contributed by atoms with Gasteiger partial charge in [0.05, 0.1) is 5.69 Å². The van der Waals surface area contributed by atoms with Crippen LogP contribution < -0.4 is 5.32 Å². The number of nitrogens with one attached hydrogen (secondary N) is 1. The van der Waals surface area contributed by atoms with E-state index in [0.717, 1.165) is 43.0 Å². The zero-order valence-corrected chi connectivity index (χ0v) is 13.4. The molecule has 0 aliphatic carbocycles. The molecule has 1 N–H and O–H groups in total. The normalized spacial score (nSPS) is 14.0. The van der Waals surface area contributed by atoms with E-state index in [1.54, 1.807) is 6.07 Å². The molecule has 21 heavy (non-hydrogen) atoms. The van der Waals surface area contributed by atoms with Crippen molar-refractivity contribution in [1.29, 1.82) is 0 Å². The first-order chi connectivity index (χ1) is 10.2. The Kier molecular flexibility index (Phi) is 4.43. The third kappa shape index (κ3) is 3.20. The number of hydrogen-bond acceptors (Lipinski definition) is 3. The van der Waals surface area contributed by atoms with Crippen LogP contribution in [0.2, 0.25) is 10.0 Å². The minimum atomic E-state index is 0.643. The van der Waals surface area contributed by atoms with E-state index in [4.69, 9.17) is 33.2 Å². The Bertz CT molecular complexity index is 654. The minimum Gasteiger partial charge on any atom is -0.312 e. The second-order valence-electron chi connectivity index (χ2n) is 5.20. The first-order valence-corrected chi connectivity index (χ1v) is 7.95. The topological polar surface area (TPSA) is 37.8 Å². The van der Waals surface area contributed by atoms with Crippen LogP contribution in [0.4, 0.5) is 0 Å². The fraction of sp³-hybridized carbons (Fsp3) is 0.375. The lowest BCUT2D eigenvalue weighted by atomic mass is 10.0. The fourth-order valence-electron chi connectivity index (χ4n) is 2.68. The Labute approximate surface area is 134 Å². The zero-order valence-electron chi connectivity index (χ0n) is 11.9. The van der Waals surface area contributed by atoms with Crippen molar-refractivity contribution in [1.82, 2.24) is 15.3 Å². The van der Waals surface area contributed by atoms with Gasteiger partial charge >= 0.3 is 0 Å². The molecule has 0 spiro atoms. The molecule has 0 fully saturated rings.